The van der Waals surface area contributed by atoms with Gasteiger partial charge in [0.25, 0.3) is 5.91 Å². The van der Waals surface area contributed by atoms with E-state index in [0.717, 1.165) is 19.3 Å². The summed E-state index contributed by atoms with van der Waals surface area (Å²) in [6.45, 7) is 5.07. The predicted molar refractivity (Wildman–Crippen MR) is 90.7 cm³/mol. The number of hydrogen-bond donors (Lipinski definition) is 0. The van der Waals surface area contributed by atoms with E-state index in [0.29, 0.717) is 23.6 Å². The van der Waals surface area contributed by atoms with E-state index in [-0.39, 0.29) is 23.2 Å². The molecule has 2 unspecified atom stereocenters. The van der Waals surface area contributed by atoms with Gasteiger partial charge in [-0.2, -0.15) is 18.2 Å². The molecule has 4 rings (SSSR count). The Morgan fingerprint density at radius 1 is 1.30 bits per heavy atom. The molecule has 2 aliphatic rings. The van der Waals surface area contributed by atoms with E-state index in [1.165, 1.54) is 6.07 Å². The summed E-state index contributed by atoms with van der Waals surface area (Å²) < 4.78 is 42.3. The third-order valence-electron chi connectivity index (χ3n) is 5.76. The van der Waals surface area contributed by atoms with E-state index in [2.05, 4.69) is 28.5 Å². The Bertz CT molecular complexity index is 875. The second-order valence-corrected chi connectivity index (χ2v) is 8.03. The Morgan fingerprint density at radius 2 is 2.07 bits per heavy atom. The molecule has 27 heavy (non-hydrogen) atoms. The van der Waals surface area contributed by atoms with E-state index in [1.54, 1.807) is 18.2 Å². The molecule has 1 saturated carbocycles. The first-order valence-electron chi connectivity index (χ1n) is 8.99. The molecule has 2 atom stereocenters. The van der Waals surface area contributed by atoms with Crippen molar-refractivity contribution in [1.29, 1.82) is 0 Å². The highest BCUT2D eigenvalue weighted by molar-refractivity contribution is 5.95. The molecule has 1 aliphatic carbocycles. The Hall–Kier alpha value is -2.38. The van der Waals surface area contributed by atoms with Crippen LogP contribution in [0.15, 0.2) is 28.8 Å². The molecule has 5 nitrogen and oxygen atoms in total. The number of halogens is 3. The first kappa shape index (κ1) is 18.0. The van der Waals surface area contributed by atoms with Crippen molar-refractivity contribution in [2.75, 3.05) is 6.54 Å². The molecule has 2 heterocycles. The summed E-state index contributed by atoms with van der Waals surface area (Å²) in [7, 11) is 0. The van der Waals surface area contributed by atoms with E-state index in [4.69, 9.17) is 0 Å². The van der Waals surface area contributed by atoms with Crippen molar-refractivity contribution in [3.05, 3.63) is 35.7 Å². The zero-order valence-electron chi connectivity index (χ0n) is 15.1. The standard InChI is InChI=1S/C19H20F3N3O2/c1-18(2)10-25(14-8-4-7-13(14)18)16(26)12-6-3-5-11(9-12)15-23-17(27-24-15)19(20,21)22/h3,5-6,9,13-14H,4,7-8,10H2,1-2H3. The van der Waals surface area contributed by atoms with Crippen LogP contribution in [-0.2, 0) is 6.18 Å². The fourth-order valence-corrected chi connectivity index (χ4v) is 4.53. The number of nitrogens with zero attached hydrogens (tertiary/aromatic N) is 3. The minimum Gasteiger partial charge on any atom is -0.335 e. The maximum atomic E-state index is 13.1. The van der Waals surface area contributed by atoms with Gasteiger partial charge < -0.3 is 9.42 Å². The van der Waals surface area contributed by atoms with Crippen molar-refractivity contribution in [2.45, 2.75) is 45.3 Å². The average molecular weight is 379 g/mol. The van der Waals surface area contributed by atoms with Crippen molar-refractivity contribution in [2.24, 2.45) is 11.3 Å². The lowest BCUT2D eigenvalue weighted by Crippen LogP contribution is -2.36. The number of benzene rings is 1. The number of aromatic nitrogens is 2. The molecule has 0 radical (unpaired) electrons. The zero-order valence-corrected chi connectivity index (χ0v) is 15.1. The van der Waals surface area contributed by atoms with Crippen LogP contribution >= 0.6 is 0 Å². The van der Waals surface area contributed by atoms with Gasteiger partial charge in [-0.05, 0) is 36.3 Å². The molecule has 1 amide bonds. The Balaban J connectivity index is 1.61. The highest BCUT2D eigenvalue weighted by Gasteiger charge is 2.50. The summed E-state index contributed by atoms with van der Waals surface area (Å²) >= 11 is 0. The molecular formula is C19H20F3N3O2. The van der Waals surface area contributed by atoms with Crippen molar-refractivity contribution in [1.82, 2.24) is 15.0 Å². The maximum absolute atomic E-state index is 13.1. The normalized spacial score (nSPS) is 24.3. The highest BCUT2D eigenvalue weighted by atomic mass is 19.4. The molecule has 1 saturated heterocycles. The molecule has 144 valence electrons. The topological polar surface area (TPSA) is 59.2 Å². The van der Waals surface area contributed by atoms with Gasteiger partial charge in [0.2, 0.25) is 5.82 Å². The second-order valence-electron chi connectivity index (χ2n) is 8.03. The van der Waals surface area contributed by atoms with Gasteiger partial charge in [0.05, 0.1) is 0 Å². The van der Waals surface area contributed by atoms with Crippen LogP contribution in [0.5, 0.6) is 0 Å². The minimum atomic E-state index is -4.70. The lowest BCUT2D eigenvalue weighted by molar-refractivity contribution is -0.159. The fourth-order valence-electron chi connectivity index (χ4n) is 4.53. The number of rotatable bonds is 2. The van der Waals surface area contributed by atoms with Crippen LogP contribution in [0.1, 0.15) is 49.4 Å². The first-order chi connectivity index (χ1) is 12.7. The number of fused-ring (bicyclic) bond motifs is 1. The van der Waals surface area contributed by atoms with Gasteiger partial charge in [0.15, 0.2) is 0 Å². The van der Waals surface area contributed by atoms with E-state index in [1.807, 2.05) is 4.90 Å². The maximum Gasteiger partial charge on any atom is 0.471 e. The highest BCUT2D eigenvalue weighted by Crippen LogP contribution is 2.48. The van der Waals surface area contributed by atoms with Gasteiger partial charge in [-0.25, -0.2) is 0 Å². The molecule has 1 aromatic heterocycles. The van der Waals surface area contributed by atoms with Gasteiger partial charge >= 0.3 is 12.1 Å². The van der Waals surface area contributed by atoms with Crippen LogP contribution in [0.3, 0.4) is 0 Å². The lowest BCUT2D eigenvalue weighted by atomic mass is 9.80. The van der Waals surface area contributed by atoms with E-state index < -0.39 is 12.1 Å². The van der Waals surface area contributed by atoms with Gasteiger partial charge in [0.1, 0.15) is 0 Å². The fraction of sp³-hybridized carbons (Fsp3) is 0.526. The van der Waals surface area contributed by atoms with Crippen LogP contribution in [0.4, 0.5) is 13.2 Å². The Morgan fingerprint density at radius 3 is 2.78 bits per heavy atom. The summed E-state index contributed by atoms with van der Waals surface area (Å²) in [5.41, 5.74) is 0.819. The Labute approximate surface area is 154 Å². The summed E-state index contributed by atoms with van der Waals surface area (Å²) in [5.74, 6) is -1.18. The van der Waals surface area contributed by atoms with Crippen molar-refractivity contribution in [3.8, 4) is 11.4 Å². The third kappa shape index (κ3) is 3.11. The number of carbonyl (C=O) groups is 1. The third-order valence-corrected chi connectivity index (χ3v) is 5.76. The van der Waals surface area contributed by atoms with Crippen LogP contribution in [0, 0.1) is 11.3 Å². The molecule has 0 spiro atoms. The molecule has 1 aliphatic heterocycles. The molecule has 1 aromatic carbocycles. The molecular weight excluding hydrogens is 359 g/mol. The lowest BCUT2D eigenvalue weighted by Gasteiger charge is -2.24. The minimum absolute atomic E-state index is 0.0731. The average Bonchev–Trinajstić information content (AvgIpc) is 3.31. The molecule has 0 bridgehead atoms. The molecule has 8 heteroatoms. The largest absolute Gasteiger partial charge is 0.471 e. The van der Waals surface area contributed by atoms with E-state index in [9.17, 15) is 18.0 Å². The van der Waals surface area contributed by atoms with Gasteiger partial charge in [0, 0.05) is 23.7 Å². The molecule has 0 N–H and O–H groups in total. The van der Waals surface area contributed by atoms with Crippen LogP contribution in [-0.4, -0.2) is 33.5 Å². The Kier molecular flexibility index (Phi) is 4.05. The quantitative estimate of drug-likeness (QED) is 0.776. The zero-order chi connectivity index (χ0) is 19.4. The summed E-state index contributed by atoms with van der Waals surface area (Å²) in [4.78, 5) is 18.4. The first-order valence-corrected chi connectivity index (χ1v) is 8.99. The smallest absolute Gasteiger partial charge is 0.335 e. The predicted octanol–water partition coefficient (Wildman–Crippen LogP) is 4.41. The number of amides is 1. The summed E-state index contributed by atoms with van der Waals surface area (Å²) in [6, 6.07) is 6.63. The van der Waals surface area contributed by atoms with Crippen molar-refractivity contribution >= 4 is 5.91 Å². The van der Waals surface area contributed by atoms with Crippen LogP contribution in [0.25, 0.3) is 11.4 Å². The van der Waals surface area contributed by atoms with Gasteiger partial charge in [-0.15, -0.1) is 0 Å². The number of carbonyl (C=O) groups excluding carboxylic acids is 1. The van der Waals surface area contributed by atoms with Crippen LogP contribution in [0.2, 0.25) is 0 Å². The molecule has 2 fully saturated rings. The molecule has 2 aromatic rings. The van der Waals surface area contributed by atoms with Gasteiger partial charge in [-0.3, -0.25) is 4.79 Å². The monoisotopic (exact) mass is 379 g/mol. The second kappa shape index (κ2) is 6.07. The summed E-state index contributed by atoms with van der Waals surface area (Å²) in [6.07, 6.45) is -1.45. The van der Waals surface area contributed by atoms with Crippen LogP contribution < -0.4 is 0 Å². The SMILES string of the molecule is CC1(C)CN(C(=O)c2cccc(-c3noc(C(F)(F)F)n3)c2)C2CCCC21. The van der Waals surface area contributed by atoms with E-state index >= 15 is 0 Å². The summed E-state index contributed by atoms with van der Waals surface area (Å²) in [5, 5.41) is 3.40. The number of hydrogen-bond acceptors (Lipinski definition) is 4. The number of likely N-dealkylation sites (tertiary alicyclic amines) is 1. The number of alkyl halides is 3. The van der Waals surface area contributed by atoms with Crippen molar-refractivity contribution in [3.63, 3.8) is 0 Å². The van der Waals surface area contributed by atoms with Crippen molar-refractivity contribution < 1.29 is 22.5 Å². The van der Waals surface area contributed by atoms with Gasteiger partial charge in [-0.1, -0.05) is 37.6 Å².